The van der Waals surface area contributed by atoms with Gasteiger partial charge in [-0.3, -0.25) is 4.79 Å². The molecule has 0 heterocycles. The molecule has 0 aliphatic carbocycles. The molecule has 0 aromatic carbocycles. The van der Waals surface area contributed by atoms with Crippen molar-refractivity contribution in [3.05, 3.63) is 12.2 Å². The molecule has 0 bridgehead atoms. The molecule has 0 unspecified atom stereocenters. The van der Waals surface area contributed by atoms with E-state index in [4.69, 9.17) is 16.3 Å². The third-order valence-corrected chi connectivity index (χ3v) is 3.98. The Hall–Kier alpha value is -0.500. The summed E-state index contributed by atoms with van der Waals surface area (Å²) in [6.45, 7) is 2.06. The number of hydrogen-bond acceptors (Lipinski definition) is 2. The predicted octanol–water partition coefficient (Wildman–Crippen LogP) is 6.42. The maximum Gasteiger partial charge on any atom is 0.302 e. The first-order chi connectivity index (χ1) is 10.8. The highest BCUT2D eigenvalue weighted by atomic mass is 35.5. The second-order valence-corrected chi connectivity index (χ2v) is 6.34. The average Bonchev–Trinajstić information content (AvgIpc) is 2.50. The van der Waals surface area contributed by atoms with E-state index >= 15 is 0 Å². The van der Waals surface area contributed by atoms with Gasteiger partial charge in [0.1, 0.15) is 0 Å². The molecule has 2 nitrogen and oxygen atoms in total. The number of rotatable bonds is 16. The average molecular weight is 331 g/mol. The van der Waals surface area contributed by atoms with Gasteiger partial charge in [-0.25, -0.2) is 0 Å². The van der Waals surface area contributed by atoms with Crippen molar-refractivity contribution in [2.24, 2.45) is 0 Å². The molecule has 0 rings (SSSR count). The van der Waals surface area contributed by atoms with E-state index < -0.39 is 0 Å². The van der Waals surface area contributed by atoms with Crippen LogP contribution in [-0.2, 0) is 9.53 Å². The number of allylic oxidation sites excluding steroid dienone is 2. The summed E-state index contributed by atoms with van der Waals surface area (Å²) in [6, 6.07) is 0. The Morgan fingerprint density at radius 3 is 1.73 bits per heavy atom. The van der Waals surface area contributed by atoms with Crippen molar-refractivity contribution < 1.29 is 9.53 Å². The smallest absolute Gasteiger partial charge is 0.302 e. The van der Waals surface area contributed by atoms with Crippen molar-refractivity contribution >= 4 is 17.6 Å². The molecular weight excluding hydrogens is 296 g/mol. The number of hydrogen-bond donors (Lipinski definition) is 0. The van der Waals surface area contributed by atoms with Crippen molar-refractivity contribution in [1.29, 1.82) is 0 Å². The van der Waals surface area contributed by atoms with Crippen LogP contribution in [0.15, 0.2) is 12.2 Å². The van der Waals surface area contributed by atoms with Gasteiger partial charge in [-0.1, -0.05) is 69.9 Å². The van der Waals surface area contributed by atoms with Crippen molar-refractivity contribution in [2.75, 3.05) is 12.5 Å². The minimum Gasteiger partial charge on any atom is -0.466 e. The summed E-state index contributed by atoms with van der Waals surface area (Å²) in [4.78, 5) is 10.6. The Bertz CT molecular complexity index is 264. The van der Waals surface area contributed by atoms with Crippen molar-refractivity contribution in [3.8, 4) is 0 Å². The second kappa shape index (κ2) is 18.5. The number of alkyl halides is 1. The van der Waals surface area contributed by atoms with Crippen LogP contribution >= 0.6 is 11.6 Å². The summed E-state index contributed by atoms with van der Waals surface area (Å²) in [5, 5.41) is 0. The number of carbonyl (C=O) groups excluding carboxylic acids is 1. The van der Waals surface area contributed by atoms with E-state index in [-0.39, 0.29) is 5.97 Å². The van der Waals surface area contributed by atoms with Crippen LogP contribution < -0.4 is 0 Å². The Labute approximate surface area is 142 Å². The fraction of sp³-hybridized carbons (Fsp3) is 0.842. The zero-order valence-electron chi connectivity index (χ0n) is 14.5. The number of ether oxygens (including phenoxy) is 1. The van der Waals surface area contributed by atoms with E-state index in [9.17, 15) is 4.79 Å². The van der Waals surface area contributed by atoms with E-state index in [1.807, 2.05) is 0 Å². The van der Waals surface area contributed by atoms with Gasteiger partial charge in [-0.15, -0.1) is 11.6 Å². The standard InChI is InChI=1S/C19H35ClO2/c1-19(21)22-18-16-14-12-10-8-6-4-2-3-5-7-9-11-13-15-17-20/h11,13H,2-10,12,14-18H2,1H3/b13-11-. The number of carbonyl (C=O) groups is 1. The van der Waals surface area contributed by atoms with Crippen LogP contribution in [0.25, 0.3) is 0 Å². The lowest BCUT2D eigenvalue weighted by molar-refractivity contribution is -0.141. The van der Waals surface area contributed by atoms with E-state index in [2.05, 4.69) is 12.2 Å². The first kappa shape index (κ1) is 21.5. The van der Waals surface area contributed by atoms with Gasteiger partial charge in [0.05, 0.1) is 6.61 Å². The summed E-state index contributed by atoms with van der Waals surface area (Å²) < 4.78 is 4.91. The minimum atomic E-state index is -0.161. The number of halogens is 1. The maximum absolute atomic E-state index is 10.6. The van der Waals surface area contributed by atoms with E-state index in [1.165, 1.54) is 77.6 Å². The van der Waals surface area contributed by atoms with Crippen LogP contribution in [0, 0.1) is 0 Å². The molecule has 0 amide bonds. The van der Waals surface area contributed by atoms with E-state index in [1.54, 1.807) is 0 Å². The quantitative estimate of drug-likeness (QED) is 0.141. The van der Waals surface area contributed by atoms with Gasteiger partial charge in [-0.05, 0) is 25.7 Å². The predicted molar refractivity (Wildman–Crippen MR) is 96.5 cm³/mol. The Kier molecular flexibility index (Phi) is 18.1. The van der Waals surface area contributed by atoms with Gasteiger partial charge in [0, 0.05) is 12.8 Å². The molecule has 0 radical (unpaired) electrons. The van der Waals surface area contributed by atoms with Crippen molar-refractivity contribution in [2.45, 2.75) is 90.4 Å². The summed E-state index contributed by atoms with van der Waals surface area (Å²) >= 11 is 5.61. The van der Waals surface area contributed by atoms with Gasteiger partial charge < -0.3 is 4.74 Å². The van der Waals surface area contributed by atoms with Gasteiger partial charge in [-0.2, -0.15) is 0 Å². The fourth-order valence-electron chi connectivity index (χ4n) is 2.47. The Morgan fingerprint density at radius 2 is 1.23 bits per heavy atom. The molecule has 22 heavy (non-hydrogen) atoms. The highest BCUT2D eigenvalue weighted by Gasteiger charge is 1.95. The molecule has 0 aliphatic heterocycles. The lowest BCUT2D eigenvalue weighted by Crippen LogP contribution is -2.00. The van der Waals surface area contributed by atoms with Gasteiger partial charge in [0.15, 0.2) is 0 Å². The largest absolute Gasteiger partial charge is 0.466 e. The zero-order chi connectivity index (χ0) is 16.3. The summed E-state index contributed by atoms with van der Waals surface area (Å²) in [5.74, 6) is 0.578. The van der Waals surface area contributed by atoms with Gasteiger partial charge in [0.25, 0.3) is 0 Å². The molecule has 0 spiro atoms. The highest BCUT2D eigenvalue weighted by molar-refractivity contribution is 6.17. The van der Waals surface area contributed by atoms with Crippen LogP contribution in [0.2, 0.25) is 0 Å². The first-order valence-electron chi connectivity index (χ1n) is 9.11. The van der Waals surface area contributed by atoms with Crippen LogP contribution in [0.3, 0.4) is 0 Å². The third kappa shape index (κ3) is 19.5. The molecular formula is C19H35ClO2. The summed E-state index contributed by atoms with van der Waals surface area (Å²) in [5.41, 5.74) is 0. The van der Waals surface area contributed by atoms with Crippen molar-refractivity contribution in [1.82, 2.24) is 0 Å². The van der Waals surface area contributed by atoms with Crippen LogP contribution in [-0.4, -0.2) is 18.5 Å². The third-order valence-electron chi connectivity index (χ3n) is 3.76. The molecule has 130 valence electrons. The Balaban J connectivity index is 3.01. The van der Waals surface area contributed by atoms with Gasteiger partial charge in [0.2, 0.25) is 0 Å². The van der Waals surface area contributed by atoms with Crippen LogP contribution in [0.5, 0.6) is 0 Å². The molecule has 0 fully saturated rings. The zero-order valence-corrected chi connectivity index (χ0v) is 15.2. The Morgan fingerprint density at radius 1 is 0.773 bits per heavy atom. The van der Waals surface area contributed by atoms with Gasteiger partial charge >= 0.3 is 5.97 Å². The topological polar surface area (TPSA) is 26.3 Å². The SMILES string of the molecule is CC(=O)OCCCCCCCCCCCCC/C=C\CCCl. The van der Waals surface area contributed by atoms with Crippen LogP contribution in [0.4, 0.5) is 0 Å². The lowest BCUT2D eigenvalue weighted by atomic mass is 10.1. The summed E-state index contributed by atoms with van der Waals surface area (Å²) in [6.07, 6.45) is 21.0. The highest BCUT2D eigenvalue weighted by Crippen LogP contribution is 2.12. The molecule has 0 aromatic heterocycles. The molecule has 0 N–H and O–H groups in total. The normalized spacial score (nSPS) is 11.2. The molecule has 3 heteroatoms. The second-order valence-electron chi connectivity index (χ2n) is 5.97. The molecule has 0 aliphatic rings. The molecule has 0 saturated heterocycles. The minimum absolute atomic E-state index is 0.161. The maximum atomic E-state index is 10.6. The molecule has 0 atom stereocenters. The van der Waals surface area contributed by atoms with E-state index in [0.29, 0.717) is 6.61 Å². The molecule has 0 saturated carbocycles. The lowest BCUT2D eigenvalue weighted by Gasteiger charge is -2.03. The van der Waals surface area contributed by atoms with Crippen LogP contribution in [0.1, 0.15) is 90.4 Å². The first-order valence-corrected chi connectivity index (χ1v) is 9.65. The number of unbranched alkanes of at least 4 members (excludes halogenated alkanes) is 11. The monoisotopic (exact) mass is 330 g/mol. The number of esters is 1. The van der Waals surface area contributed by atoms with Crippen molar-refractivity contribution in [3.63, 3.8) is 0 Å². The fourth-order valence-corrected chi connectivity index (χ4v) is 2.60. The summed E-state index contributed by atoms with van der Waals surface area (Å²) in [7, 11) is 0. The van der Waals surface area contributed by atoms with E-state index in [0.717, 1.165) is 18.7 Å². The molecule has 0 aromatic rings.